The summed E-state index contributed by atoms with van der Waals surface area (Å²) in [6.45, 7) is 0. The first-order valence-electron chi connectivity index (χ1n) is 8.95. The fraction of sp³-hybridized carbons (Fsp3) is 0.350. The van der Waals surface area contributed by atoms with E-state index in [1.54, 1.807) is 36.4 Å². The first-order chi connectivity index (χ1) is 12.8. The van der Waals surface area contributed by atoms with E-state index < -0.39 is 9.84 Å². The van der Waals surface area contributed by atoms with E-state index in [-0.39, 0.29) is 22.8 Å². The number of benzene rings is 2. The van der Waals surface area contributed by atoms with Crippen molar-refractivity contribution in [1.29, 1.82) is 0 Å². The van der Waals surface area contributed by atoms with E-state index in [1.807, 2.05) is 0 Å². The molecule has 0 unspecified atom stereocenters. The standard InChI is InChI=1S/C20H24N2O4S/c1-27(24,25)18-11-9-17(10-12-18)26-16-7-5-15(6-8-16)22-20(23)13-14-3-2-4-19(14)21/h5-12,14,19H,2-4,13,21H2,1H3,(H,22,23)/t14-,19+/m0/s1. The van der Waals surface area contributed by atoms with Gasteiger partial charge in [0.25, 0.3) is 0 Å². The Balaban J connectivity index is 1.56. The second kappa shape index (κ2) is 8.10. The van der Waals surface area contributed by atoms with Gasteiger partial charge >= 0.3 is 0 Å². The molecule has 1 aliphatic rings. The Hall–Kier alpha value is -2.38. The molecule has 27 heavy (non-hydrogen) atoms. The highest BCUT2D eigenvalue weighted by molar-refractivity contribution is 7.90. The molecule has 1 aliphatic carbocycles. The van der Waals surface area contributed by atoms with Crippen LogP contribution < -0.4 is 15.8 Å². The largest absolute Gasteiger partial charge is 0.457 e. The van der Waals surface area contributed by atoms with E-state index in [0.29, 0.717) is 23.6 Å². The molecule has 2 aromatic rings. The molecule has 1 amide bonds. The fourth-order valence-electron chi connectivity index (χ4n) is 3.27. The highest BCUT2D eigenvalue weighted by atomic mass is 32.2. The Morgan fingerprint density at radius 2 is 1.67 bits per heavy atom. The molecule has 0 saturated heterocycles. The highest BCUT2D eigenvalue weighted by Crippen LogP contribution is 2.28. The van der Waals surface area contributed by atoms with E-state index in [2.05, 4.69) is 5.32 Å². The zero-order valence-electron chi connectivity index (χ0n) is 15.2. The predicted octanol–water partition coefficient (Wildman–Crippen LogP) is 3.34. The number of carbonyl (C=O) groups is 1. The molecule has 0 bridgehead atoms. The number of ether oxygens (including phenoxy) is 1. The van der Waals surface area contributed by atoms with Crippen molar-refractivity contribution in [3.63, 3.8) is 0 Å². The average molecular weight is 388 g/mol. The van der Waals surface area contributed by atoms with E-state index in [1.165, 1.54) is 12.1 Å². The van der Waals surface area contributed by atoms with Crippen LogP contribution in [0.3, 0.4) is 0 Å². The van der Waals surface area contributed by atoms with Crippen molar-refractivity contribution >= 4 is 21.4 Å². The Morgan fingerprint density at radius 3 is 2.19 bits per heavy atom. The van der Waals surface area contributed by atoms with Crippen molar-refractivity contribution in [3.05, 3.63) is 48.5 Å². The number of anilines is 1. The lowest BCUT2D eigenvalue weighted by atomic mass is 10.00. The van der Waals surface area contributed by atoms with Gasteiger partial charge in [-0.2, -0.15) is 0 Å². The van der Waals surface area contributed by atoms with Crippen molar-refractivity contribution in [2.75, 3.05) is 11.6 Å². The number of hydrogen-bond acceptors (Lipinski definition) is 5. The van der Waals surface area contributed by atoms with Gasteiger partial charge in [-0.1, -0.05) is 6.42 Å². The van der Waals surface area contributed by atoms with Gasteiger partial charge in [-0.25, -0.2) is 8.42 Å². The SMILES string of the molecule is CS(=O)(=O)c1ccc(Oc2ccc(NC(=O)C[C@@H]3CCC[C@H]3N)cc2)cc1. The summed E-state index contributed by atoms with van der Waals surface area (Å²) in [5, 5.41) is 2.89. The molecule has 0 aromatic heterocycles. The molecule has 0 radical (unpaired) electrons. The number of sulfone groups is 1. The van der Waals surface area contributed by atoms with Gasteiger partial charge in [-0.05, 0) is 67.3 Å². The maximum Gasteiger partial charge on any atom is 0.224 e. The minimum absolute atomic E-state index is 0.0256. The number of amides is 1. The molecule has 3 rings (SSSR count). The molecule has 0 spiro atoms. The smallest absolute Gasteiger partial charge is 0.224 e. The van der Waals surface area contributed by atoms with Gasteiger partial charge in [0.05, 0.1) is 4.90 Å². The molecule has 7 heteroatoms. The molecule has 1 fully saturated rings. The third-order valence-corrected chi connectivity index (χ3v) is 5.92. The summed E-state index contributed by atoms with van der Waals surface area (Å²) >= 11 is 0. The van der Waals surface area contributed by atoms with E-state index in [0.717, 1.165) is 25.5 Å². The van der Waals surface area contributed by atoms with Crippen LogP contribution in [0.15, 0.2) is 53.4 Å². The summed E-state index contributed by atoms with van der Waals surface area (Å²) in [5.74, 6) is 1.37. The number of hydrogen-bond donors (Lipinski definition) is 2. The van der Waals surface area contributed by atoms with Crippen LogP contribution in [0.25, 0.3) is 0 Å². The van der Waals surface area contributed by atoms with Gasteiger partial charge in [-0.3, -0.25) is 4.79 Å². The van der Waals surface area contributed by atoms with Gasteiger partial charge in [0.15, 0.2) is 9.84 Å². The molecular weight excluding hydrogens is 364 g/mol. The zero-order valence-corrected chi connectivity index (χ0v) is 16.0. The van der Waals surface area contributed by atoms with Crippen molar-refractivity contribution in [1.82, 2.24) is 0 Å². The molecule has 1 saturated carbocycles. The second-order valence-corrected chi connectivity index (χ2v) is 8.99. The van der Waals surface area contributed by atoms with Crippen molar-refractivity contribution in [3.8, 4) is 11.5 Å². The summed E-state index contributed by atoms with van der Waals surface area (Å²) in [6.07, 6.45) is 4.72. The van der Waals surface area contributed by atoms with Crippen LogP contribution in [0.5, 0.6) is 11.5 Å². The topological polar surface area (TPSA) is 98.5 Å². The minimum Gasteiger partial charge on any atom is -0.457 e. The molecule has 6 nitrogen and oxygen atoms in total. The Kier molecular flexibility index (Phi) is 5.82. The van der Waals surface area contributed by atoms with Gasteiger partial charge < -0.3 is 15.8 Å². The third-order valence-electron chi connectivity index (χ3n) is 4.79. The minimum atomic E-state index is -3.23. The zero-order chi connectivity index (χ0) is 19.4. The molecule has 0 heterocycles. The number of rotatable bonds is 6. The van der Waals surface area contributed by atoms with Crippen molar-refractivity contribution in [2.45, 2.75) is 36.6 Å². The van der Waals surface area contributed by atoms with Crippen LogP contribution in [0, 0.1) is 5.92 Å². The fourth-order valence-corrected chi connectivity index (χ4v) is 3.90. The van der Waals surface area contributed by atoms with E-state index in [9.17, 15) is 13.2 Å². The summed E-state index contributed by atoms with van der Waals surface area (Å²) in [4.78, 5) is 12.4. The van der Waals surface area contributed by atoms with Crippen LogP contribution in [0.4, 0.5) is 5.69 Å². The molecule has 2 atom stereocenters. The lowest BCUT2D eigenvalue weighted by Gasteiger charge is -2.15. The normalized spacial score (nSPS) is 19.6. The lowest BCUT2D eigenvalue weighted by Crippen LogP contribution is -2.28. The van der Waals surface area contributed by atoms with Crippen LogP contribution >= 0.6 is 0 Å². The monoisotopic (exact) mass is 388 g/mol. The Morgan fingerprint density at radius 1 is 1.07 bits per heavy atom. The van der Waals surface area contributed by atoms with Crippen molar-refractivity contribution in [2.24, 2.45) is 11.7 Å². The van der Waals surface area contributed by atoms with Crippen molar-refractivity contribution < 1.29 is 17.9 Å². The quantitative estimate of drug-likeness (QED) is 0.791. The molecule has 2 aromatic carbocycles. The summed E-state index contributed by atoms with van der Waals surface area (Å²) in [5.41, 5.74) is 6.72. The summed E-state index contributed by atoms with van der Waals surface area (Å²) in [6, 6.07) is 13.4. The first kappa shape index (κ1) is 19.4. The van der Waals surface area contributed by atoms with E-state index in [4.69, 9.17) is 10.5 Å². The average Bonchev–Trinajstić information content (AvgIpc) is 3.01. The number of carbonyl (C=O) groups excluding carboxylic acids is 1. The van der Waals surface area contributed by atoms with Gasteiger partial charge in [0, 0.05) is 24.4 Å². The summed E-state index contributed by atoms with van der Waals surface area (Å²) < 4.78 is 28.6. The molecular formula is C20H24N2O4S. The number of nitrogens with one attached hydrogen (secondary N) is 1. The molecule has 144 valence electrons. The number of nitrogens with two attached hydrogens (primary N) is 1. The first-order valence-corrected chi connectivity index (χ1v) is 10.8. The van der Waals surface area contributed by atoms with Crippen LogP contribution in [-0.2, 0) is 14.6 Å². The maximum atomic E-state index is 12.2. The van der Waals surface area contributed by atoms with E-state index >= 15 is 0 Å². The maximum absolute atomic E-state index is 12.2. The van der Waals surface area contributed by atoms with Gasteiger partial charge in [-0.15, -0.1) is 0 Å². The molecule has 0 aliphatic heterocycles. The van der Waals surface area contributed by atoms with Gasteiger partial charge in [0.1, 0.15) is 11.5 Å². The van der Waals surface area contributed by atoms with Gasteiger partial charge in [0.2, 0.25) is 5.91 Å². The third kappa shape index (κ3) is 5.30. The Bertz CT molecular complexity index is 893. The predicted molar refractivity (Wildman–Crippen MR) is 105 cm³/mol. The lowest BCUT2D eigenvalue weighted by molar-refractivity contribution is -0.117. The van der Waals surface area contributed by atoms with Crippen LogP contribution in [0.2, 0.25) is 0 Å². The summed E-state index contributed by atoms with van der Waals surface area (Å²) in [7, 11) is -3.23. The second-order valence-electron chi connectivity index (χ2n) is 6.98. The highest BCUT2D eigenvalue weighted by Gasteiger charge is 2.25. The van der Waals surface area contributed by atoms with Crippen LogP contribution in [-0.4, -0.2) is 26.6 Å². The Labute approximate surface area is 159 Å². The molecule has 3 N–H and O–H groups in total. The van der Waals surface area contributed by atoms with Crippen LogP contribution in [0.1, 0.15) is 25.7 Å².